The molecule has 0 aliphatic rings. The Labute approximate surface area is 118 Å². The molecule has 20 heavy (non-hydrogen) atoms. The molecule has 0 saturated carbocycles. The van der Waals surface area contributed by atoms with E-state index in [2.05, 4.69) is 10.5 Å². The van der Waals surface area contributed by atoms with Crippen LogP contribution in [0.2, 0.25) is 0 Å². The predicted octanol–water partition coefficient (Wildman–Crippen LogP) is 2.82. The summed E-state index contributed by atoms with van der Waals surface area (Å²) < 4.78 is 5.17. The number of nitroso groups, excluding NO2 is 1. The van der Waals surface area contributed by atoms with Gasteiger partial charge in [-0.15, -0.1) is 4.91 Å². The van der Waals surface area contributed by atoms with E-state index in [1.807, 2.05) is 0 Å². The molecule has 0 heterocycles. The second kappa shape index (κ2) is 6.00. The molecule has 110 valence electrons. The molecule has 2 N–H and O–H groups in total. The van der Waals surface area contributed by atoms with Crippen molar-refractivity contribution in [1.82, 2.24) is 5.32 Å². The van der Waals surface area contributed by atoms with Gasteiger partial charge in [-0.2, -0.15) is 0 Å². The van der Waals surface area contributed by atoms with Crippen molar-refractivity contribution in [2.75, 3.05) is 6.61 Å². The summed E-state index contributed by atoms with van der Waals surface area (Å²) in [6.07, 6.45) is -0.640. The zero-order valence-electron chi connectivity index (χ0n) is 12.1. The zero-order chi connectivity index (χ0) is 15.4. The molecule has 0 aliphatic heterocycles. The molecule has 1 rings (SSSR count). The normalized spacial score (nSPS) is 14.2. The Hall–Kier alpha value is -1.95. The van der Waals surface area contributed by atoms with Gasteiger partial charge in [0.25, 0.3) is 0 Å². The van der Waals surface area contributed by atoms with Gasteiger partial charge in [-0.05, 0) is 50.6 Å². The summed E-state index contributed by atoms with van der Waals surface area (Å²) in [5.74, 6) is 0. The minimum Gasteiger partial charge on any atom is -0.444 e. The lowest BCUT2D eigenvalue weighted by Gasteiger charge is -2.31. The van der Waals surface area contributed by atoms with E-state index in [1.165, 1.54) is 6.07 Å². The largest absolute Gasteiger partial charge is 0.444 e. The first-order chi connectivity index (χ1) is 9.20. The van der Waals surface area contributed by atoms with Crippen molar-refractivity contribution >= 4 is 11.8 Å². The molecule has 0 saturated heterocycles. The number of nitrogens with zero attached hydrogens (tertiary/aromatic N) is 1. The molecule has 6 heteroatoms. The van der Waals surface area contributed by atoms with Crippen molar-refractivity contribution in [2.45, 2.75) is 38.8 Å². The van der Waals surface area contributed by atoms with Gasteiger partial charge in [-0.25, -0.2) is 4.79 Å². The Kier molecular flexibility index (Phi) is 4.83. The summed E-state index contributed by atoms with van der Waals surface area (Å²) >= 11 is 0. The van der Waals surface area contributed by atoms with E-state index in [0.717, 1.165) is 0 Å². The summed E-state index contributed by atoms with van der Waals surface area (Å²) in [5.41, 5.74) is -0.883. The zero-order valence-corrected chi connectivity index (χ0v) is 12.1. The number of carbonyl (C=O) groups is 1. The second-order valence-electron chi connectivity index (χ2n) is 5.76. The number of benzene rings is 1. The minimum atomic E-state index is -1.05. The lowest BCUT2D eigenvalue weighted by molar-refractivity contribution is 0.0411. The Balaban J connectivity index is 2.96. The maximum Gasteiger partial charge on any atom is 0.408 e. The van der Waals surface area contributed by atoms with Crippen molar-refractivity contribution in [3.63, 3.8) is 0 Å². The first-order valence-corrected chi connectivity index (χ1v) is 6.26. The van der Waals surface area contributed by atoms with Crippen LogP contribution >= 0.6 is 0 Å². The van der Waals surface area contributed by atoms with E-state index < -0.39 is 17.2 Å². The van der Waals surface area contributed by atoms with Gasteiger partial charge in [0.05, 0.1) is 12.1 Å². The highest BCUT2D eigenvalue weighted by Crippen LogP contribution is 2.25. The number of amides is 1. The van der Waals surface area contributed by atoms with E-state index >= 15 is 0 Å². The van der Waals surface area contributed by atoms with Gasteiger partial charge in [-0.3, -0.25) is 0 Å². The van der Waals surface area contributed by atoms with Crippen LogP contribution in [0.15, 0.2) is 29.4 Å². The summed E-state index contributed by atoms with van der Waals surface area (Å²) in [7, 11) is 0. The van der Waals surface area contributed by atoms with Crippen LogP contribution in [0.3, 0.4) is 0 Å². The molecule has 1 aromatic rings. The van der Waals surface area contributed by atoms with Crippen LogP contribution in [0.25, 0.3) is 0 Å². The summed E-state index contributed by atoms with van der Waals surface area (Å²) in [5, 5.41) is 15.0. The minimum absolute atomic E-state index is 0.230. The Morgan fingerprint density at radius 1 is 1.35 bits per heavy atom. The lowest BCUT2D eigenvalue weighted by Crippen LogP contribution is -2.48. The SMILES string of the molecule is CC(C)(C)OC(=O)NC(C)(CO)c1cccc(N=O)c1. The smallest absolute Gasteiger partial charge is 0.408 e. The lowest BCUT2D eigenvalue weighted by atomic mass is 9.93. The molecular formula is C14H20N2O4. The molecule has 1 amide bonds. The number of ether oxygens (including phenoxy) is 1. The number of carbonyl (C=O) groups excluding carboxylic acids is 1. The standard InChI is InChI=1S/C14H20N2O4/c1-13(2,3)20-12(18)15-14(4,9-17)10-6-5-7-11(8-10)16-19/h5-8,17H,9H2,1-4H3,(H,15,18). The highest BCUT2D eigenvalue weighted by molar-refractivity contribution is 5.69. The van der Waals surface area contributed by atoms with Gasteiger partial charge in [0, 0.05) is 0 Å². The third-order valence-corrected chi connectivity index (χ3v) is 2.68. The summed E-state index contributed by atoms with van der Waals surface area (Å²) in [6.45, 7) is 6.55. The van der Waals surface area contributed by atoms with Crippen molar-refractivity contribution < 1.29 is 14.6 Å². The van der Waals surface area contributed by atoms with Crippen LogP contribution in [0.1, 0.15) is 33.3 Å². The molecule has 6 nitrogen and oxygen atoms in total. The van der Waals surface area contributed by atoms with Crippen LogP contribution in [0.5, 0.6) is 0 Å². The van der Waals surface area contributed by atoms with Crippen LogP contribution in [-0.4, -0.2) is 23.4 Å². The van der Waals surface area contributed by atoms with Crippen LogP contribution in [-0.2, 0) is 10.3 Å². The van der Waals surface area contributed by atoms with Crippen LogP contribution in [0, 0.1) is 4.91 Å². The first-order valence-electron chi connectivity index (χ1n) is 6.26. The van der Waals surface area contributed by atoms with Crippen molar-refractivity contribution in [1.29, 1.82) is 0 Å². The maximum absolute atomic E-state index is 11.8. The van der Waals surface area contributed by atoms with Crippen molar-refractivity contribution in [2.24, 2.45) is 5.18 Å². The topological polar surface area (TPSA) is 88.0 Å². The van der Waals surface area contributed by atoms with Crippen LogP contribution in [0.4, 0.5) is 10.5 Å². The number of alkyl carbamates (subject to hydrolysis) is 1. The number of aliphatic hydroxyl groups excluding tert-OH is 1. The average molecular weight is 280 g/mol. The molecule has 0 spiro atoms. The van der Waals surface area contributed by atoms with Crippen molar-refractivity contribution in [3.8, 4) is 0 Å². The molecule has 1 atom stereocenters. The summed E-state index contributed by atoms with van der Waals surface area (Å²) in [4.78, 5) is 22.4. The number of aliphatic hydroxyl groups is 1. The number of hydrogen-bond donors (Lipinski definition) is 2. The molecule has 0 radical (unpaired) electrons. The molecular weight excluding hydrogens is 260 g/mol. The molecule has 0 fully saturated rings. The van der Waals surface area contributed by atoms with E-state index in [-0.39, 0.29) is 12.3 Å². The van der Waals surface area contributed by atoms with E-state index in [9.17, 15) is 14.8 Å². The highest BCUT2D eigenvalue weighted by Gasteiger charge is 2.30. The number of nitrogens with one attached hydrogen (secondary N) is 1. The Morgan fingerprint density at radius 2 is 2.00 bits per heavy atom. The van der Waals surface area contributed by atoms with Crippen molar-refractivity contribution in [3.05, 3.63) is 34.7 Å². The van der Waals surface area contributed by atoms with E-state index in [1.54, 1.807) is 45.9 Å². The molecule has 0 bridgehead atoms. The molecule has 1 aromatic carbocycles. The summed E-state index contributed by atoms with van der Waals surface area (Å²) in [6, 6.07) is 6.39. The fourth-order valence-corrected chi connectivity index (χ4v) is 1.64. The van der Waals surface area contributed by atoms with Crippen LogP contribution < -0.4 is 5.32 Å². The van der Waals surface area contributed by atoms with E-state index in [4.69, 9.17) is 4.74 Å². The van der Waals surface area contributed by atoms with Gasteiger partial charge >= 0.3 is 6.09 Å². The van der Waals surface area contributed by atoms with Gasteiger partial charge in [-0.1, -0.05) is 12.1 Å². The first kappa shape index (κ1) is 16.1. The number of hydrogen-bond acceptors (Lipinski definition) is 5. The predicted molar refractivity (Wildman–Crippen MR) is 75.7 cm³/mol. The average Bonchev–Trinajstić information content (AvgIpc) is 2.36. The Bertz CT molecular complexity index is 496. The van der Waals surface area contributed by atoms with Gasteiger partial charge in [0.15, 0.2) is 0 Å². The molecule has 0 aliphatic carbocycles. The maximum atomic E-state index is 11.8. The Morgan fingerprint density at radius 3 is 2.50 bits per heavy atom. The van der Waals surface area contributed by atoms with E-state index in [0.29, 0.717) is 5.56 Å². The van der Waals surface area contributed by atoms with Gasteiger partial charge < -0.3 is 15.2 Å². The third-order valence-electron chi connectivity index (χ3n) is 2.68. The van der Waals surface area contributed by atoms with Gasteiger partial charge in [0.2, 0.25) is 0 Å². The monoisotopic (exact) mass is 280 g/mol. The highest BCUT2D eigenvalue weighted by atomic mass is 16.6. The molecule has 1 unspecified atom stereocenters. The second-order valence-corrected chi connectivity index (χ2v) is 5.76. The fraction of sp³-hybridized carbons (Fsp3) is 0.500. The fourth-order valence-electron chi connectivity index (χ4n) is 1.64. The third kappa shape index (κ3) is 4.31. The molecule has 0 aromatic heterocycles. The quantitative estimate of drug-likeness (QED) is 0.830. The van der Waals surface area contributed by atoms with Gasteiger partial charge in [0.1, 0.15) is 11.3 Å². The number of rotatable bonds is 4.